The fourth-order valence-electron chi connectivity index (χ4n) is 2.06. The lowest BCUT2D eigenvalue weighted by Gasteiger charge is -2.22. The number of methoxy groups -OCH3 is 1. The van der Waals surface area contributed by atoms with E-state index in [2.05, 4.69) is 31.3 Å². The Morgan fingerprint density at radius 3 is 2.50 bits per heavy atom. The lowest BCUT2D eigenvalue weighted by molar-refractivity contribution is 0.156. The molecule has 0 atom stereocenters. The van der Waals surface area contributed by atoms with Crippen molar-refractivity contribution in [3.05, 3.63) is 28.8 Å². The number of aliphatic hydroxyl groups is 1. The highest BCUT2D eigenvalue weighted by molar-refractivity contribution is 5.43. The van der Waals surface area contributed by atoms with E-state index in [9.17, 15) is 5.11 Å². The third-order valence-corrected chi connectivity index (χ3v) is 3.05. The molecule has 0 saturated heterocycles. The van der Waals surface area contributed by atoms with Gasteiger partial charge in [-0.3, -0.25) is 0 Å². The summed E-state index contributed by atoms with van der Waals surface area (Å²) >= 11 is 0. The second-order valence-corrected chi connectivity index (χ2v) is 5.70. The van der Waals surface area contributed by atoms with Crippen LogP contribution in [0, 0.1) is 19.3 Å². The lowest BCUT2D eigenvalue weighted by atomic mass is 9.95. The van der Waals surface area contributed by atoms with Crippen molar-refractivity contribution in [1.82, 2.24) is 5.32 Å². The Labute approximate surface area is 110 Å². The van der Waals surface area contributed by atoms with E-state index in [1.165, 1.54) is 11.1 Å². The Hall–Kier alpha value is -1.06. The number of hydrogen-bond acceptors (Lipinski definition) is 3. The Morgan fingerprint density at radius 1 is 1.28 bits per heavy atom. The second kappa shape index (κ2) is 6.21. The highest BCUT2D eigenvalue weighted by atomic mass is 16.5. The molecule has 102 valence electrons. The van der Waals surface area contributed by atoms with Gasteiger partial charge in [0.25, 0.3) is 0 Å². The predicted molar refractivity (Wildman–Crippen MR) is 75.0 cm³/mol. The molecule has 18 heavy (non-hydrogen) atoms. The lowest BCUT2D eigenvalue weighted by Crippen LogP contribution is -2.32. The first kappa shape index (κ1) is 15.0. The minimum atomic E-state index is -0.0912. The summed E-state index contributed by atoms with van der Waals surface area (Å²) in [5.41, 5.74) is 3.48. The van der Waals surface area contributed by atoms with Crippen LogP contribution >= 0.6 is 0 Å². The fourth-order valence-corrected chi connectivity index (χ4v) is 2.06. The van der Waals surface area contributed by atoms with Crippen LogP contribution in [0.15, 0.2) is 12.1 Å². The molecule has 0 bridgehead atoms. The van der Waals surface area contributed by atoms with Crippen LogP contribution in [0.4, 0.5) is 0 Å². The fraction of sp³-hybridized carbons (Fsp3) is 0.600. The summed E-state index contributed by atoms with van der Waals surface area (Å²) in [6.07, 6.45) is 0. The molecule has 0 heterocycles. The summed E-state index contributed by atoms with van der Waals surface area (Å²) in [6, 6.07) is 4.27. The Bertz CT molecular complexity index is 400. The monoisotopic (exact) mass is 251 g/mol. The maximum atomic E-state index is 9.22. The van der Waals surface area contributed by atoms with Gasteiger partial charge in [-0.25, -0.2) is 0 Å². The first-order chi connectivity index (χ1) is 8.39. The van der Waals surface area contributed by atoms with Gasteiger partial charge < -0.3 is 15.2 Å². The highest BCUT2D eigenvalue weighted by Gasteiger charge is 2.16. The minimum Gasteiger partial charge on any atom is -0.496 e. The summed E-state index contributed by atoms with van der Waals surface area (Å²) in [7, 11) is 1.71. The minimum absolute atomic E-state index is 0.0912. The first-order valence-corrected chi connectivity index (χ1v) is 6.35. The van der Waals surface area contributed by atoms with Crippen LogP contribution in [0.2, 0.25) is 0 Å². The third-order valence-electron chi connectivity index (χ3n) is 3.05. The maximum Gasteiger partial charge on any atom is 0.126 e. The van der Waals surface area contributed by atoms with Crippen molar-refractivity contribution in [3.8, 4) is 5.75 Å². The number of nitrogens with one attached hydrogen (secondary N) is 1. The summed E-state index contributed by atoms with van der Waals surface area (Å²) < 4.78 is 5.45. The van der Waals surface area contributed by atoms with Crippen LogP contribution in [-0.4, -0.2) is 25.4 Å². The summed E-state index contributed by atoms with van der Waals surface area (Å²) in [5.74, 6) is 0.954. The molecule has 0 aliphatic heterocycles. The smallest absolute Gasteiger partial charge is 0.126 e. The summed E-state index contributed by atoms with van der Waals surface area (Å²) in [5, 5.41) is 12.6. The van der Waals surface area contributed by atoms with E-state index in [0.717, 1.165) is 24.4 Å². The van der Waals surface area contributed by atoms with E-state index < -0.39 is 0 Å². The van der Waals surface area contributed by atoms with Crippen molar-refractivity contribution in [2.75, 3.05) is 20.3 Å². The maximum absolute atomic E-state index is 9.22. The van der Waals surface area contributed by atoms with E-state index in [0.29, 0.717) is 0 Å². The zero-order chi connectivity index (χ0) is 13.8. The first-order valence-electron chi connectivity index (χ1n) is 6.35. The average Bonchev–Trinajstić information content (AvgIpc) is 2.28. The average molecular weight is 251 g/mol. The van der Waals surface area contributed by atoms with Crippen LogP contribution in [0.25, 0.3) is 0 Å². The van der Waals surface area contributed by atoms with Crippen molar-refractivity contribution < 1.29 is 9.84 Å². The number of benzene rings is 1. The van der Waals surface area contributed by atoms with E-state index in [1.807, 2.05) is 13.8 Å². The normalized spacial score (nSPS) is 11.7. The molecule has 2 N–H and O–H groups in total. The molecule has 1 aromatic rings. The molecule has 0 radical (unpaired) electrons. The van der Waals surface area contributed by atoms with Gasteiger partial charge in [0, 0.05) is 30.7 Å². The molecule has 0 spiro atoms. The summed E-state index contributed by atoms with van der Waals surface area (Å²) in [4.78, 5) is 0. The molecule has 1 rings (SSSR count). The molecule has 0 aliphatic carbocycles. The Morgan fingerprint density at radius 2 is 1.94 bits per heavy atom. The molecule has 1 aromatic carbocycles. The van der Waals surface area contributed by atoms with Gasteiger partial charge in [0.2, 0.25) is 0 Å². The van der Waals surface area contributed by atoms with E-state index in [1.54, 1.807) is 7.11 Å². The highest BCUT2D eigenvalue weighted by Crippen LogP contribution is 2.25. The van der Waals surface area contributed by atoms with E-state index in [-0.39, 0.29) is 12.0 Å². The SMILES string of the molecule is COc1c(C)cc(C)cc1CNCC(C)(C)CO. The molecule has 3 heteroatoms. The predicted octanol–water partition coefficient (Wildman–Crippen LogP) is 2.42. The van der Waals surface area contributed by atoms with Crippen LogP contribution in [0.5, 0.6) is 5.75 Å². The van der Waals surface area contributed by atoms with Gasteiger partial charge in [0.05, 0.1) is 7.11 Å². The topological polar surface area (TPSA) is 41.5 Å². The van der Waals surface area contributed by atoms with Crippen LogP contribution in [-0.2, 0) is 6.54 Å². The van der Waals surface area contributed by atoms with Crippen LogP contribution in [0.3, 0.4) is 0 Å². The van der Waals surface area contributed by atoms with Gasteiger partial charge in [-0.15, -0.1) is 0 Å². The number of aliphatic hydroxyl groups excluding tert-OH is 1. The largest absolute Gasteiger partial charge is 0.496 e. The quantitative estimate of drug-likeness (QED) is 0.816. The van der Waals surface area contributed by atoms with Crippen molar-refractivity contribution in [2.45, 2.75) is 34.2 Å². The molecule has 0 unspecified atom stereocenters. The zero-order valence-electron chi connectivity index (χ0n) is 12.1. The molecule has 0 aromatic heterocycles. The van der Waals surface area contributed by atoms with Gasteiger partial charge in [-0.2, -0.15) is 0 Å². The third kappa shape index (κ3) is 4.00. The zero-order valence-corrected chi connectivity index (χ0v) is 12.1. The number of hydrogen-bond donors (Lipinski definition) is 2. The number of aryl methyl sites for hydroxylation is 2. The van der Waals surface area contributed by atoms with Gasteiger partial charge >= 0.3 is 0 Å². The molecule has 0 fully saturated rings. The van der Waals surface area contributed by atoms with Gasteiger partial charge in [0.1, 0.15) is 5.75 Å². The molecule has 0 saturated carbocycles. The van der Waals surface area contributed by atoms with Crippen molar-refractivity contribution in [2.24, 2.45) is 5.41 Å². The van der Waals surface area contributed by atoms with Gasteiger partial charge in [-0.05, 0) is 19.4 Å². The van der Waals surface area contributed by atoms with Crippen molar-refractivity contribution >= 4 is 0 Å². The molecular formula is C15H25NO2. The molecule has 3 nitrogen and oxygen atoms in total. The Balaban J connectivity index is 2.73. The van der Waals surface area contributed by atoms with Crippen molar-refractivity contribution in [1.29, 1.82) is 0 Å². The molecular weight excluding hydrogens is 226 g/mol. The van der Waals surface area contributed by atoms with Crippen LogP contribution in [0.1, 0.15) is 30.5 Å². The van der Waals surface area contributed by atoms with E-state index >= 15 is 0 Å². The molecule has 0 aliphatic rings. The van der Waals surface area contributed by atoms with E-state index in [4.69, 9.17) is 4.74 Å². The summed E-state index contributed by atoms with van der Waals surface area (Å²) in [6.45, 7) is 9.96. The van der Waals surface area contributed by atoms with Gasteiger partial charge in [0.15, 0.2) is 0 Å². The van der Waals surface area contributed by atoms with Gasteiger partial charge in [-0.1, -0.05) is 31.5 Å². The second-order valence-electron chi connectivity index (χ2n) is 5.70. The Kier molecular flexibility index (Phi) is 5.17. The van der Waals surface area contributed by atoms with Crippen molar-refractivity contribution in [3.63, 3.8) is 0 Å². The van der Waals surface area contributed by atoms with Crippen LogP contribution < -0.4 is 10.1 Å². The standard InChI is InChI=1S/C15H25NO2/c1-11-6-12(2)14(18-5)13(7-11)8-16-9-15(3,4)10-17/h6-7,16-17H,8-10H2,1-5H3. The number of rotatable bonds is 6. The number of ether oxygens (including phenoxy) is 1. The molecule has 0 amide bonds.